The van der Waals surface area contributed by atoms with Crippen LogP contribution in [0.3, 0.4) is 0 Å². The van der Waals surface area contributed by atoms with Gasteiger partial charge in [-0.15, -0.1) is 0 Å². The fraction of sp³-hybridized carbons (Fsp3) is 0.571. The van der Waals surface area contributed by atoms with E-state index in [1.807, 2.05) is 12.1 Å². The number of nitrogens with one attached hydrogen (secondary N) is 1. The summed E-state index contributed by atoms with van der Waals surface area (Å²) >= 11 is 3.45. The lowest BCUT2D eigenvalue weighted by atomic mass is 9.89. The van der Waals surface area contributed by atoms with Crippen molar-refractivity contribution in [3.8, 4) is 0 Å². The third-order valence-corrected chi connectivity index (χ3v) is 3.35. The number of methoxy groups -OCH3 is 1. The predicted molar refractivity (Wildman–Crippen MR) is 80.5 cm³/mol. The van der Waals surface area contributed by atoms with E-state index in [0.717, 1.165) is 36.3 Å². The van der Waals surface area contributed by atoms with Crippen molar-refractivity contribution in [2.24, 2.45) is 5.41 Å². The summed E-state index contributed by atoms with van der Waals surface area (Å²) < 4.78 is 6.15. The van der Waals surface area contributed by atoms with Gasteiger partial charge in [-0.25, -0.2) is 0 Å². The van der Waals surface area contributed by atoms with Gasteiger partial charge in [-0.1, -0.05) is 29.8 Å². The van der Waals surface area contributed by atoms with Gasteiger partial charge in [0.15, 0.2) is 0 Å². The summed E-state index contributed by atoms with van der Waals surface area (Å²) in [5.41, 5.74) is 8.04. The Balaban J connectivity index is 2.41. The van der Waals surface area contributed by atoms with Crippen molar-refractivity contribution in [3.63, 3.8) is 0 Å². The minimum absolute atomic E-state index is 0.244. The quantitative estimate of drug-likeness (QED) is 0.760. The highest BCUT2D eigenvalue weighted by molar-refractivity contribution is 9.10. The lowest BCUT2D eigenvalue weighted by Crippen LogP contribution is -2.30. The predicted octanol–water partition coefficient (Wildman–Crippen LogP) is 3.18. The standard InChI is InChI=1S/C14H23BrN2O/c1-14(2,4-5-18-3)10-17-9-11-6-12(15)8-13(16)7-11/h6-8,17H,4-5,9-10,16H2,1-3H3. The lowest BCUT2D eigenvalue weighted by molar-refractivity contribution is 0.150. The molecule has 1 aromatic carbocycles. The van der Waals surface area contributed by atoms with Crippen molar-refractivity contribution in [1.82, 2.24) is 5.32 Å². The molecule has 102 valence electrons. The van der Waals surface area contributed by atoms with Crippen molar-refractivity contribution < 1.29 is 4.74 Å². The minimum atomic E-state index is 0.244. The Morgan fingerprint density at radius 1 is 1.33 bits per heavy atom. The Kier molecular flexibility index (Phi) is 6.12. The molecule has 0 spiro atoms. The Hall–Kier alpha value is -0.580. The van der Waals surface area contributed by atoms with E-state index in [1.54, 1.807) is 7.11 Å². The van der Waals surface area contributed by atoms with E-state index >= 15 is 0 Å². The summed E-state index contributed by atoms with van der Waals surface area (Å²) in [6.07, 6.45) is 1.05. The first kappa shape index (κ1) is 15.5. The summed E-state index contributed by atoms with van der Waals surface area (Å²) in [7, 11) is 1.74. The first-order valence-electron chi connectivity index (χ1n) is 6.17. The highest BCUT2D eigenvalue weighted by Crippen LogP contribution is 2.20. The molecule has 0 saturated carbocycles. The highest BCUT2D eigenvalue weighted by Gasteiger charge is 2.16. The van der Waals surface area contributed by atoms with E-state index in [2.05, 4.69) is 41.2 Å². The van der Waals surface area contributed by atoms with E-state index in [-0.39, 0.29) is 5.41 Å². The number of nitrogen functional groups attached to an aromatic ring is 1. The average Bonchev–Trinajstić information content (AvgIpc) is 2.25. The number of nitrogens with two attached hydrogens (primary N) is 1. The van der Waals surface area contributed by atoms with Crippen LogP contribution in [0.25, 0.3) is 0 Å². The van der Waals surface area contributed by atoms with Crippen molar-refractivity contribution in [1.29, 1.82) is 0 Å². The second-order valence-electron chi connectivity index (χ2n) is 5.40. The molecule has 0 unspecified atom stereocenters. The number of hydrogen-bond acceptors (Lipinski definition) is 3. The van der Waals surface area contributed by atoms with Gasteiger partial charge >= 0.3 is 0 Å². The maximum absolute atomic E-state index is 5.81. The van der Waals surface area contributed by atoms with Crippen LogP contribution in [0.2, 0.25) is 0 Å². The molecule has 0 aromatic heterocycles. The van der Waals surface area contributed by atoms with Crippen LogP contribution < -0.4 is 11.1 Å². The number of ether oxygens (including phenoxy) is 1. The molecule has 0 fully saturated rings. The molecule has 1 rings (SSSR count). The van der Waals surface area contributed by atoms with Crippen LogP contribution >= 0.6 is 15.9 Å². The average molecular weight is 315 g/mol. The topological polar surface area (TPSA) is 47.3 Å². The van der Waals surface area contributed by atoms with Gasteiger partial charge in [-0.05, 0) is 35.6 Å². The molecule has 0 bridgehead atoms. The Morgan fingerprint density at radius 3 is 2.67 bits per heavy atom. The SMILES string of the molecule is COCCC(C)(C)CNCc1cc(N)cc(Br)c1. The third kappa shape index (κ3) is 5.85. The first-order chi connectivity index (χ1) is 8.43. The largest absolute Gasteiger partial charge is 0.399 e. The fourth-order valence-corrected chi connectivity index (χ4v) is 2.35. The van der Waals surface area contributed by atoms with Gasteiger partial charge in [0.2, 0.25) is 0 Å². The van der Waals surface area contributed by atoms with Crippen LogP contribution in [-0.4, -0.2) is 20.3 Å². The molecule has 4 heteroatoms. The van der Waals surface area contributed by atoms with Gasteiger partial charge in [0, 0.05) is 37.0 Å². The maximum Gasteiger partial charge on any atom is 0.0467 e. The number of benzene rings is 1. The maximum atomic E-state index is 5.81. The molecule has 0 aliphatic heterocycles. The van der Waals surface area contributed by atoms with Gasteiger partial charge in [0.05, 0.1) is 0 Å². The molecule has 0 atom stereocenters. The monoisotopic (exact) mass is 314 g/mol. The summed E-state index contributed by atoms with van der Waals surface area (Å²) in [6.45, 7) is 7.09. The van der Waals surface area contributed by atoms with Crippen LogP contribution in [0, 0.1) is 5.41 Å². The normalized spacial score (nSPS) is 11.8. The summed E-state index contributed by atoms with van der Waals surface area (Å²) in [5.74, 6) is 0. The summed E-state index contributed by atoms with van der Waals surface area (Å²) in [6, 6.07) is 6.00. The number of anilines is 1. The summed E-state index contributed by atoms with van der Waals surface area (Å²) in [4.78, 5) is 0. The Bertz CT molecular complexity index is 360. The molecule has 3 N–H and O–H groups in total. The van der Waals surface area contributed by atoms with Gasteiger partial charge < -0.3 is 15.8 Å². The zero-order valence-corrected chi connectivity index (χ0v) is 13.0. The molecule has 0 amide bonds. The number of rotatable bonds is 7. The zero-order valence-electron chi connectivity index (χ0n) is 11.4. The molecule has 0 aliphatic rings. The highest BCUT2D eigenvalue weighted by atomic mass is 79.9. The number of hydrogen-bond donors (Lipinski definition) is 2. The van der Waals surface area contributed by atoms with E-state index < -0.39 is 0 Å². The van der Waals surface area contributed by atoms with Crippen molar-refractivity contribution in [2.75, 3.05) is 26.0 Å². The number of halogens is 1. The van der Waals surface area contributed by atoms with Crippen LogP contribution in [-0.2, 0) is 11.3 Å². The van der Waals surface area contributed by atoms with Crippen molar-refractivity contribution in [3.05, 3.63) is 28.2 Å². The van der Waals surface area contributed by atoms with E-state index in [1.165, 1.54) is 5.56 Å². The zero-order chi connectivity index (χ0) is 13.6. The van der Waals surface area contributed by atoms with Crippen LogP contribution in [0.15, 0.2) is 22.7 Å². The smallest absolute Gasteiger partial charge is 0.0467 e. The van der Waals surface area contributed by atoms with E-state index in [0.29, 0.717) is 0 Å². The van der Waals surface area contributed by atoms with Gasteiger partial charge in [0.1, 0.15) is 0 Å². The van der Waals surface area contributed by atoms with Gasteiger partial charge in [0.25, 0.3) is 0 Å². The van der Waals surface area contributed by atoms with E-state index in [4.69, 9.17) is 10.5 Å². The Labute approximate surface area is 118 Å². The lowest BCUT2D eigenvalue weighted by Gasteiger charge is -2.24. The van der Waals surface area contributed by atoms with Crippen molar-refractivity contribution in [2.45, 2.75) is 26.8 Å². The molecule has 18 heavy (non-hydrogen) atoms. The molecule has 0 radical (unpaired) electrons. The Morgan fingerprint density at radius 2 is 2.06 bits per heavy atom. The van der Waals surface area contributed by atoms with Gasteiger partial charge in [-0.3, -0.25) is 0 Å². The third-order valence-electron chi connectivity index (χ3n) is 2.90. The van der Waals surface area contributed by atoms with Crippen molar-refractivity contribution >= 4 is 21.6 Å². The van der Waals surface area contributed by atoms with Crippen LogP contribution in [0.4, 0.5) is 5.69 Å². The molecule has 1 aromatic rings. The second-order valence-corrected chi connectivity index (χ2v) is 6.32. The van der Waals surface area contributed by atoms with Crippen LogP contribution in [0.5, 0.6) is 0 Å². The molecule has 0 aliphatic carbocycles. The summed E-state index contributed by atoms with van der Waals surface area (Å²) in [5, 5.41) is 3.47. The molecular formula is C14H23BrN2O. The fourth-order valence-electron chi connectivity index (χ4n) is 1.79. The molecule has 3 nitrogen and oxygen atoms in total. The van der Waals surface area contributed by atoms with Crippen LogP contribution in [0.1, 0.15) is 25.8 Å². The molecule has 0 saturated heterocycles. The molecule has 0 heterocycles. The van der Waals surface area contributed by atoms with Gasteiger partial charge in [-0.2, -0.15) is 0 Å². The second kappa shape index (κ2) is 7.12. The minimum Gasteiger partial charge on any atom is -0.399 e. The molecular weight excluding hydrogens is 292 g/mol. The van der Waals surface area contributed by atoms with E-state index in [9.17, 15) is 0 Å². The first-order valence-corrected chi connectivity index (χ1v) is 6.97.